The van der Waals surface area contributed by atoms with Crippen molar-refractivity contribution < 1.29 is 9.53 Å². The third-order valence-corrected chi connectivity index (χ3v) is 3.21. The predicted octanol–water partition coefficient (Wildman–Crippen LogP) is 2.84. The molecule has 0 aromatic carbocycles. The third kappa shape index (κ3) is 2.22. The molecule has 14 heavy (non-hydrogen) atoms. The molecule has 2 unspecified atom stereocenters. The first-order valence-electron chi connectivity index (χ1n) is 4.99. The zero-order valence-corrected chi connectivity index (χ0v) is 10.3. The molecule has 0 heterocycles. The third-order valence-electron chi connectivity index (χ3n) is 2.88. The van der Waals surface area contributed by atoms with Crippen LogP contribution in [0.3, 0.4) is 0 Å². The normalized spacial score (nSPS) is 29.9. The summed E-state index contributed by atoms with van der Waals surface area (Å²) in [7, 11) is 0. The highest BCUT2D eigenvalue weighted by atomic mass is 35.5. The van der Waals surface area contributed by atoms with Crippen molar-refractivity contribution in [3.63, 3.8) is 0 Å². The summed E-state index contributed by atoms with van der Waals surface area (Å²) in [6.45, 7) is 9.78. The summed E-state index contributed by atoms with van der Waals surface area (Å²) in [5, 5.41) is 0. The van der Waals surface area contributed by atoms with E-state index in [9.17, 15) is 4.79 Å². The Morgan fingerprint density at radius 2 is 1.93 bits per heavy atom. The van der Waals surface area contributed by atoms with Crippen molar-refractivity contribution in [1.29, 1.82) is 0 Å². The van der Waals surface area contributed by atoms with E-state index in [1.54, 1.807) is 0 Å². The lowest BCUT2D eigenvalue weighted by atomic mass is 10.1. The van der Waals surface area contributed by atoms with Crippen LogP contribution in [-0.2, 0) is 9.53 Å². The molecule has 82 valence electrons. The lowest BCUT2D eigenvalue weighted by molar-refractivity contribution is -0.157. The summed E-state index contributed by atoms with van der Waals surface area (Å²) in [6.07, 6.45) is 0. The van der Waals surface area contributed by atoms with Gasteiger partial charge in [0.1, 0.15) is 5.60 Å². The average Bonchev–Trinajstić information content (AvgIpc) is 2.48. The van der Waals surface area contributed by atoms with Crippen LogP contribution in [0, 0.1) is 17.3 Å². The van der Waals surface area contributed by atoms with Gasteiger partial charge in [-0.3, -0.25) is 4.79 Å². The number of carbonyl (C=O) groups excluding carboxylic acids is 1. The molecule has 0 saturated heterocycles. The Kier molecular flexibility index (Phi) is 2.88. The lowest BCUT2D eigenvalue weighted by Crippen LogP contribution is -2.26. The van der Waals surface area contributed by atoms with Crippen LogP contribution in [0.5, 0.6) is 0 Å². The first-order chi connectivity index (χ1) is 6.20. The molecule has 1 fully saturated rings. The number of hydrogen-bond donors (Lipinski definition) is 0. The van der Waals surface area contributed by atoms with E-state index in [1.807, 2.05) is 20.8 Å². The molecule has 0 amide bonds. The maximum Gasteiger partial charge on any atom is 0.310 e. The zero-order chi connectivity index (χ0) is 11.1. The number of halogens is 1. The Morgan fingerprint density at radius 1 is 1.43 bits per heavy atom. The van der Waals surface area contributed by atoms with Crippen LogP contribution < -0.4 is 0 Å². The maximum atomic E-state index is 11.7. The largest absolute Gasteiger partial charge is 0.460 e. The van der Waals surface area contributed by atoms with Gasteiger partial charge >= 0.3 is 5.97 Å². The van der Waals surface area contributed by atoms with Gasteiger partial charge in [0, 0.05) is 5.88 Å². The lowest BCUT2D eigenvalue weighted by Gasteiger charge is -2.20. The van der Waals surface area contributed by atoms with Gasteiger partial charge in [0.25, 0.3) is 0 Å². The van der Waals surface area contributed by atoms with Gasteiger partial charge < -0.3 is 4.74 Å². The molecule has 1 aliphatic rings. The highest BCUT2D eigenvalue weighted by Gasteiger charge is 2.62. The van der Waals surface area contributed by atoms with E-state index in [4.69, 9.17) is 16.3 Å². The minimum absolute atomic E-state index is 0.0146. The van der Waals surface area contributed by atoms with Crippen molar-refractivity contribution in [3.05, 3.63) is 0 Å². The number of ether oxygens (including phenoxy) is 1. The molecule has 0 aliphatic heterocycles. The van der Waals surface area contributed by atoms with E-state index in [2.05, 4.69) is 13.8 Å². The average molecular weight is 219 g/mol. The van der Waals surface area contributed by atoms with Gasteiger partial charge in [-0.05, 0) is 32.1 Å². The molecule has 0 radical (unpaired) electrons. The van der Waals surface area contributed by atoms with Gasteiger partial charge in [-0.15, -0.1) is 11.6 Å². The number of alkyl halides is 1. The van der Waals surface area contributed by atoms with E-state index in [-0.39, 0.29) is 23.2 Å². The summed E-state index contributed by atoms with van der Waals surface area (Å²) in [4.78, 5) is 11.7. The second kappa shape index (κ2) is 3.41. The molecule has 1 rings (SSSR count). The fourth-order valence-electron chi connectivity index (χ4n) is 1.87. The molecular weight excluding hydrogens is 200 g/mol. The van der Waals surface area contributed by atoms with Crippen molar-refractivity contribution in [2.75, 3.05) is 5.88 Å². The van der Waals surface area contributed by atoms with E-state index in [0.29, 0.717) is 5.88 Å². The zero-order valence-electron chi connectivity index (χ0n) is 9.56. The van der Waals surface area contributed by atoms with Crippen molar-refractivity contribution in [3.8, 4) is 0 Å². The summed E-state index contributed by atoms with van der Waals surface area (Å²) in [5.74, 6) is 0.697. The molecule has 1 saturated carbocycles. The fourth-order valence-corrected chi connectivity index (χ4v) is 2.44. The van der Waals surface area contributed by atoms with Crippen LogP contribution in [0.4, 0.5) is 0 Å². The Bertz CT molecular complexity index is 240. The molecule has 2 atom stereocenters. The van der Waals surface area contributed by atoms with E-state index < -0.39 is 5.60 Å². The van der Waals surface area contributed by atoms with Crippen LogP contribution >= 0.6 is 11.6 Å². The van der Waals surface area contributed by atoms with Crippen LogP contribution in [0.25, 0.3) is 0 Å². The highest BCUT2D eigenvalue weighted by Crippen LogP contribution is 2.59. The fraction of sp³-hybridized carbons (Fsp3) is 0.909. The molecule has 2 nitrogen and oxygen atoms in total. The number of esters is 1. The van der Waals surface area contributed by atoms with E-state index >= 15 is 0 Å². The van der Waals surface area contributed by atoms with Crippen molar-refractivity contribution in [2.24, 2.45) is 17.3 Å². The Hall–Kier alpha value is -0.240. The predicted molar refractivity (Wildman–Crippen MR) is 57.3 cm³/mol. The first-order valence-corrected chi connectivity index (χ1v) is 5.52. The number of hydrogen-bond acceptors (Lipinski definition) is 2. The summed E-state index contributed by atoms with van der Waals surface area (Å²) >= 11 is 5.79. The van der Waals surface area contributed by atoms with E-state index in [1.165, 1.54) is 0 Å². The summed E-state index contributed by atoms with van der Waals surface area (Å²) < 4.78 is 5.33. The SMILES string of the molecule is CC(C)(C)OC(=O)C1C(CCl)C1(C)C. The van der Waals surface area contributed by atoms with Gasteiger partial charge in [0.2, 0.25) is 0 Å². The van der Waals surface area contributed by atoms with Crippen molar-refractivity contribution in [2.45, 2.75) is 40.2 Å². The van der Waals surface area contributed by atoms with Gasteiger partial charge in [0.15, 0.2) is 0 Å². The molecule has 0 N–H and O–H groups in total. The minimum Gasteiger partial charge on any atom is -0.460 e. The minimum atomic E-state index is -0.396. The Balaban J connectivity index is 2.57. The first kappa shape index (κ1) is 11.8. The molecule has 0 bridgehead atoms. The Morgan fingerprint density at radius 3 is 2.21 bits per heavy atom. The number of rotatable bonds is 2. The summed E-state index contributed by atoms with van der Waals surface area (Å²) in [5.41, 5.74) is -0.378. The smallest absolute Gasteiger partial charge is 0.310 e. The Labute approximate surface area is 91.0 Å². The van der Waals surface area contributed by atoms with Crippen LogP contribution in [0.1, 0.15) is 34.6 Å². The maximum absolute atomic E-state index is 11.7. The van der Waals surface area contributed by atoms with Crippen LogP contribution in [-0.4, -0.2) is 17.5 Å². The van der Waals surface area contributed by atoms with Crippen molar-refractivity contribution >= 4 is 17.6 Å². The van der Waals surface area contributed by atoms with Crippen LogP contribution in [0.2, 0.25) is 0 Å². The quantitative estimate of drug-likeness (QED) is 0.526. The van der Waals surface area contributed by atoms with Crippen LogP contribution in [0.15, 0.2) is 0 Å². The van der Waals surface area contributed by atoms with Gasteiger partial charge in [-0.1, -0.05) is 13.8 Å². The molecule has 1 aliphatic carbocycles. The highest BCUT2D eigenvalue weighted by molar-refractivity contribution is 6.18. The van der Waals surface area contributed by atoms with Gasteiger partial charge in [0.05, 0.1) is 5.92 Å². The molecule has 3 heteroatoms. The molecule has 0 aromatic rings. The van der Waals surface area contributed by atoms with E-state index in [0.717, 1.165) is 0 Å². The second-order valence-corrected chi connectivity index (χ2v) is 5.90. The standard InChI is InChI=1S/C11H19ClO2/c1-10(2,3)14-9(13)8-7(6-12)11(8,4)5/h7-8H,6H2,1-5H3. The summed E-state index contributed by atoms with van der Waals surface area (Å²) in [6, 6.07) is 0. The monoisotopic (exact) mass is 218 g/mol. The van der Waals surface area contributed by atoms with Crippen molar-refractivity contribution in [1.82, 2.24) is 0 Å². The molecule has 0 aromatic heterocycles. The number of carbonyl (C=O) groups is 1. The topological polar surface area (TPSA) is 26.3 Å². The molecular formula is C11H19ClO2. The van der Waals surface area contributed by atoms with Gasteiger partial charge in [-0.25, -0.2) is 0 Å². The molecule has 0 spiro atoms. The van der Waals surface area contributed by atoms with Gasteiger partial charge in [-0.2, -0.15) is 0 Å². The second-order valence-electron chi connectivity index (χ2n) is 5.59.